The van der Waals surface area contributed by atoms with Crippen LogP contribution < -0.4 is 15.0 Å². The maximum atomic E-state index is 14.6. The number of nitrogens with one attached hydrogen (secondary N) is 2. The van der Waals surface area contributed by atoms with Gasteiger partial charge < -0.3 is 29.7 Å². The van der Waals surface area contributed by atoms with Crippen LogP contribution in [-0.4, -0.2) is 79.0 Å². The number of carbonyl (C=O) groups excluding carboxylic acids is 3. The predicted octanol–water partition coefficient (Wildman–Crippen LogP) is 5.67. The first-order chi connectivity index (χ1) is 22.7. The Labute approximate surface area is 278 Å². The van der Waals surface area contributed by atoms with Crippen molar-refractivity contribution in [3.8, 4) is 5.75 Å². The van der Waals surface area contributed by atoms with E-state index in [1.165, 1.54) is 24.3 Å². The van der Waals surface area contributed by atoms with Crippen LogP contribution in [0.25, 0.3) is 10.9 Å². The van der Waals surface area contributed by atoms with Crippen LogP contribution in [0.3, 0.4) is 0 Å². The third kappa shape index (κ3) is 7.44. The number of H-pyrrole nitrogens is 1. The minimum Gasteiger partial charge on any atom is -0.410 e. The van der Waals surface area contributed by atoms with Crippen LogP contribution in [0.4, 0.5) is 14.9 Å². The highest BCUT2D eigenvalue weighted by atomic mass is 35.5. The van der Waals surface area contributed by atoms with Gasteiger partial charge >= 0.3 is 6.09 Å². The Bertz CT molecular complexity index is 1750. The SMILES string of the molecule is CN(C)C[C@H]1Cc2c(Cl)cccc2N(C(=O)[C@@H](Cc2c[nH]c3ccccc23)NC(=O)C2CCN(C(=O)Oc3ccc(F)cc3)CC2)C1. The number of rotatable bonds is 8. The number of likely N-dealkylation sites (tertiary alicyclic amines) is 1. The maximum Gasteiger partial charge on any atom is 0.415 e. The molecule has 1 aromatic heterocycles. The predicted molar refractivity (Wildman–Crippen MR) is 180 cm³/mol. The molecule has 3 amide bonds. The lowest BCUT2D eigenvalue weighted by Gasteiger charge is -2.38. The molecule has 2 atom stereocenters. The summed E-state index contributed by atoms with van der Waals surface area (Å²) in [5.41, 5.74) is 3.62. The van der Waals surface area contributed by atoms with Crippen molar-refractivity contribution >= 4 is 46.1 Å². The second-order valence-electron chi connectivity index (χ2n) is 12.7. The first-order valence-corrected chi connectivity index (χ1v) is 16.3. The highest BCUT2D eigenvalue weighted by Gasteiger charge is 2.36. The molecule has 0 saturated carbocycles. The Morgan fingerprint density at radius 1 is 1.04 bits per heavy atom. The first-order valence-electron chi connectivity index (χ1n) is 16.0. The quantitative estimate of drug-likeness (QED) is 0.254. The van der Waals surface area contributed by atoms with Crippen LogP contribution in [0.15, 0.2) is 72.9 Å². The number of fused-ring (bicyclic) bond motifs is 2. The molecule has 2 aliphatic heterocycles. The highest BCUT2D eigenvalue weighted by Crippen LogP contribution is 2.36. The largest absolute Gasteiger partial charge is 0.415 e. The Morgan fingerprint density at radius 2 is 1.79 bits per heavy atom. The minimum atomic E-state index is -0.826. The number of para-hydroxylation sites is 1. The summed E-state index contributed by atoms with van der Waals surface area (Å²) >= 11 is 6.67. The van der Waals surface area contributed by atoms with Crippen molar-refractivity contribution in [1.82, 2.24) is 20.1 Å². The number of aromatic amines is 1. The third-order valence-corrected chi connectivity index (χ3v) is 9.42. The normalized spacial score (nSPS) is 17.4. The number of halogens is 2. The summed E-state index contributed by atoms with van der Waals surface area (Å²) in [6.07, 6.45) is 3.27. The summed E-state index contributed by atoms with van der Waals surface area (Å²) in [7, 11) is 4.03. The zero-order chi connectivity index (χ0) is 33.1. The Balaban J connectivity index is 1.20. The van der Waals surface area contributed by atoms with Gasteiger partial charge in [-0.3, -0.25) is 9.59 Å². The van der Waals surface area contributed by atoms with E-state index in [1.54, 1.807) is 9.80 Å². The van der Waals surface area contributed by atoms with Crippen LogP contribution in [0.5, 0.6) is 5.75 Å². The monoisotopic (exact) mass is 659 g/mol. The Hall–Kier alpha value is -4.41. The van der Waals surface area contributed by atoms with Gasteiger partial charge in [0.2, 0.25) is 11.8 Å². The summed E-state index contributed by atoms with van der Waals surface area (Å²) < 4.78 is 18.6. The second-order valence-corrected chi connectivity index (χ2v) is 13.1. The number of hydrogen-bond acceptors (Lipinski definition) is 5. The van der Waals surface area contributed by atoms with Crippen LogP contribution >= 0.6 is 11.6 Å². The third-order valence-electron chi connectivity index (χ3n) is 9.06. The van der Waals surface area contributed by atoms with E-state index < -0.39 is 18.0 Å². The average molecular weight is 660 g/mol. The van der Waals surface area contributed by atoms with Gasteiger partial charge in [0, 0.05) is 66.3 Å². The lowest BCUT2D eigenvalue weighted by molar-refractivity contribution is -0.131. The Morgan fingerprint density at radius 3 is 2.53 bits per heavy atom. The van der Waals surface area contributed by atoms with Gasteiger partial charge in [-0.1, -0.05) is 35.9 Å². The summed E-state index contributed by atoms with van der Waals surface area (Å²) in [5, 5.41) is 4.75. The summed E-state index contributed by atoms with van der Waals surface area (Å²) in [4.78, 5) is 49.8. The maximum absolute atomic E-state index is 14.6. The van der Waals surface area contributed by atoms with Gasteiger partial charge in [-0.05, 0) is 92.9 Å². The van der Waals surface area contributed by atoms with E-state index in [9.17, 15) is 18.8 Å². The van der Waals surface area contributed by atoms with E-state index in [-0.39, 0.29) is 29.4 Å². The number of aromatic nitrogens is 1. The smallest absolute Gasteiger partial charge is 0.410 e. The molecule has 0 radical (unpaired) electrons. The summed E-state index contributed by atoms with van der Waals surface area (Å²) in [6.45, 7) is 1.95. The van der Waals surface area contributed by atoms with E-state index in [2.05, 4.69) is 15.2 Å². The number of anilines is 1. The summed E-state index contributed by atoms with van der Waals surface area (Å²) in [6, 6.07) is 18.0. The van der Waals surface area contributed by atoms with Gasteiger partial charge in [0.25, 0.3) is 0 Å². The van der Waals surface area contributed by atoms with Crippen LogP contribution in [-0.2, 0) is 22.4 Å². The molecule has 0 spiro atoms. The fourth-order valence-corrected chi connectivity index (χ4v) is 7.00. The Kier molecular flexibility index (Phi) is 9.79. The number of carbonyl (C=O) groups is 3. The number of nitrogens with zero attached hydrogens (tertiary/aromatic N) is 3. The molecule has 0 unspecified atom stereocenters. The van der Waals surface area contributed by atoms with Crippen molar-refractivity contribution in [3.05, 3.63) is 94.9 Å². The van der Waals surface area contributed by atoms with Crippen LogP contribution in [0.1, 0.15) is 24.0 Å². The van der Waals surface area contributed by atoms with E-state index in [0.29, 0.717) is 43.9 Å². The minimum absolute atomic E-state index is 0.171. The second kappa shape index (κ2) is 14.1. The van der Waals surface area contributed by atoms with Crippen molar-refractivity contribution in [2.45, 2.75) is 31.7 Å². The molecule has 4 aromatic rings. The fraction of sp³-hybridized carbons (Fsp3) is 0.361. The van der Waals surface area contributed by atoms with Crippen molar-refractivity contribution in [3.63, 3.8) is 0 Å². The molecule has 2 N–H and O–H groups in total. The van der Waals surface area contributed by atoms with E-state index in [4.69, 9.17) is 16.3 Å². The zero-order valence-electron chi connectivity index (χ0n) is 26.5. The topological polar surface area (TPSA) is 98.0 Å². The number of amides is 3. The van der Waals surface area contributed by atoms with Gasteiger partial charge in [-0.2, -0.15) is 0 Å². The molecule has 11 heteroatoms. The fourth-order valence-electron chi connectivity index (χ4n) is 6.75. The molecular formula is C36H39ClFN5O4. The molecule has 47 heavy (non-hydrogen) atoms. The molecule has 3 heterocycles. The number of piperidine rings is 1. The highest BCUT2D eigenvalue weighted by molar-refractivity contribution is 6.32. The number of hydrogen-bond donors (Lipinski definition) is 2. The van der Waals surface area contributed by atoms with Gasteiger partial charge in [-0.25, -0.2) is 9.18 Å². The standard InChI is InChI=1S/C36H39ClFN5O4/c1-41(2)21-23-18-29-30(37)7-5-9-33(29)43(22-23)35(45)32(19-25-20-39-31-8-4-3-6-28(25)31)40-34(44)24-14-16-42(17-15-24)36(46)47-27-12-10-26(38)11-13-27/h3-13,20,23-24,32,39H,14-19,21-22H2,1-2H3,(H,40,44)/t23-,32-/m1/s1. The van der Waals surface area contributed by atoms with Gasteiger partial charge in [0.1, 0.15) is 17.6 Å². The van der Waals surface area contributed by atoms with E-state index >= 15 is 0 Å². The molecule has 1 saturated heterocycles. The van der Waals surface area contributed by atoms with Gasteiger partial charge in [-0.15, -0.1) is 0 Å². The number of benzene rings is 3. The molecule has 6 rings (SSSR count). The molecule has 3 aromatic carbocycles. The zero-order valence-corrected chi connectivity index (χ0v) is 27.3. The molecule has 9 nitrogen and oxygen atoms in total. The molecule has 1 fully saturated rings. The van der Waals surface area contributed by atoms with Crippen molar-refractivity contribution < 1.29 is 23.5 Å². The molecule has 0 bridgehead atoms. The van der Waals surface area contributed by atoms with E-state index in [0.717, 1.165) is 40.7 Å². The first kappa shape index (κ1) is 32.5. The van der Waals surface area contributed by atoms with Gasteiger partial charge in [0.15, 0.2) is 0 Å². The van der Waals surface area contributed by atoms with Crippen molar-refractivity contribution in [2.24, 2.45) is 11.8 Å². The molecule has 0 aliphatic carbocycles. The summed E-state index contributed by atoms with van der Waals surface area (Å²) in [5.74, 6) is -0.778. The van der Waals surface area contributed by atoms with Crippen molar-refractivity contribution in [1.29, 1.82) is 0 Å². The number of ether oxygens (including phenoxy) is 1. The molecular weight excluding hydrogens is 621 g/mol. The van der Waals surface area contributed by atoms with Crippen LogP contribution in [0.2, 0.25) is 5.02 Å². The molecule has 246 valence electrons. The van der Waals surface area contributed by atoms with E-state index in [1.807, 2.05) is 62.8 Å². The lowest BCUT2D eigenvalue weighted by Crippen LogP contribution is -2.55. The van der Waals surface area contributed by atoms with Crippen LogP contribution in [0, 0.1) is 17.7 Å². The lowest BCUT2D eigenvalue weighted by atomic mass is 9.90. The average Bonchev–Trinajstić information content (AvgIpc) is 3.47. The van der Waals surface area contributed by atoms with Crippen molar-refractivity contribution in [2.75, 3.05) is 45.2 Å². The molecule has 2 aliphatic rings. The van der Waals surface area contributed by atoms with Gasteiger partial charge in [0.05, 0.1) is 0 Å².